The van der Waals surface area contributed by atoms with E-state index in [-0.39, 0.29) is 17.9 Å². The fourth-order valence-electron chi connectivity index (χ4n) is 2.86. The summed E-state index contributed by atoms with van der Waals surface area (Å²) in [5, 5.41) is 5.94. The lowest BCUT2D eigenvalue weighted by Gasteiger charge is -1.99. The van der Waals surface area contributed by atoms with E-state index in [0.717, 1.165) is 28.3 Å². The number of carbonyl (C=O) groups is 1. The number of hydrogen-bond acceptors (Lipinski definition) is 5. The van der Waals surface area contributed by atoms with Crippen molar-refractivity contribution in [3.63, 3.8) is 0 Å². The highest BCUT2D eigenvalue weighted by Gasteiger charge is 2.16. The van der Waals surface area contributed by atoms with Crippen LogP contribution in [-0.2, 0) is 22.5 Å². The summed E-state index contributed by atoms with van der Waals surface area (Å²) >= 11 is 1.16. The monoisotopic (exact) mass is 373 g/mol. The third-order valence-corrected chi connectivity index (χ3v) is 5.08. The molecule has 0 aliphatic heterocycles. The van der Waals surface area contributed by atoms with Gasteiger partial charge in [0, 0.05) is 17.5 Å². The second-order valence-electron chi connectivity index (χ2n) is 5.72. The van der Waals surface area contributed by atoms with Crippen LogP contribution in [0.25, 0.3) is 21.1 Å². The number of benzene rings is 2. The average molecular weight is 373 g/mol. The maximum atomic E-state index is 13.9. The Balaban J connectivity index is 1.75. The van der Waals surface area contributed by atoms with Crippen LogP contribution < -0.4 is 0 Å². The van der Waals surface area contributed by atoms with Crippen molar-refractivity contribution in [2.75, 3.05) is 7.11 Å². The van der Waals surface area contributed by atoms with Crippen molar-refractivity contribution < 1.29 is 18.3 Å². The molecule has 26 heavy (non-hydrogen) atoms. The van der Waals surface area contributed by atoms with Gasteiger partial charge in [-0.3, -0.25) is 9.48 Å². The van der Waals surface area contributed by atoms with Gasteiger partial charge in [-0.25, -0.2) is 13.8 Å². The van der Waals surface area contributed by atoms with Crippen molar-refractivity contribution >= 4 is 38.4 Å². The molecule has 2 heterocycles. The van der Waals surface area contributed by atoms with Gasteiger partial charge in [0.2, 0.25) is 0 Å². The number of carbonyl (C=O) groups excluding carboxylic acids is 1. The molecule has 2 aromatic heterocycles. The molecule has 0 fully saturated rings. The van der Waals surface area contributed by atoms with E-state index in [1.54, 1.807) is 4.68 Å². The van der Waals surface area contributed by atoms with E-state index in [4.69, 9.17) is 4.74 Å². The van der Waals surface area contributed by atoms with Crippen molar-refractivity contribution in [3.8, 4) is 0 Å². The molecule has 132 valence electrons. The van der Waals surface area contributed by atoms with E-state index in [2.05, 4.69) is 10.1 Å². The Morgan fingerprint density at radius 1 is 1.27 bits per heavy atom. The number of esters is 1. The minimum atomic E-state index is -0.656. The first-order valence-corrected chi connectivity index (χ1v) is 8.62. The Morgan fingerprint density at radius 3 is 2.88 bits per heavy atom. The topological polar surface area (TPSA) is 57.0 Å². The molecule has 0 unspecified atom stereocenters. The molecule has 0 radical (unpaired) electrons. The van der Waals surface area contributed by atoms with Crippen molar-refractivity contribution in [3.05, 3.63) is 58.7 Å². The number of halogens is 2. The number of para-hydroxylation sites is 1. The van der Waals surface area contributed by atoms with Crippen LogP contribution in [0.3, 0.4) is 0 Å². The number of rotatable bonds is 4. The third-order valence-electron chi connectivity index (χ3n) is 4.01. The van der Waals surface area contributed by atoms with Gasteiger partial charge in [-0.1, -0.05) is 18.2 Å². The van der Waals surface area contributed by atoms with Crippen LogP contribution in [-0.4, -0.2) is 27.8 Å². The zero-order valence-corrected chi connectivity index (χ0v) is 14.5. The van der Waals surface area contributed by atoms with Gasteiger partial charge in [0.1, 0.15) is 16.6 Å². The molecular weight excluding hydrogens is 360 g/mol. The first-order chi connectivity index (χ1) is 12.5. The normalized spacial score (nSPS) is 11.3. The minimum absolute atomic E-state index is 0.0592. The molecule has 4 aromatic rings. The number of hydrogen-bond donors (Lipinski definition) is 0. The van der Waals surface area contributed by atoms with Crippen LogP contribution in [0, 0.1) is 11.6 Å². The van der Waals surface area contributed by atoms with Crippen molar-refractivity contribution in [1.82, 2.24) is 14.8 Å². The summed E-state index contributed by atoms with van der Waals surface area (Å²) in [6, 6.07) is 9.56. The van der Waals surface area contributed by atoms with Gasteiger partial charge in [-0.2, -0.15) is 5.10 Å². The molecule has 0 saturated carbocycles. The van der Waals surface area contributed by atoms with Crippen LogP contribution in [0.15, 0.2) is 36.4 Å². The van der Waals surface area contributed by atoms with Crippen LogP contribution in [0.1, 0.15) is 10.7 Å². The molecule has 5 nitrogen and oxygen atoms in total. The zero-order valence-electron chi connectivity index (χ0n) is 13.7. The van der Waals surface area contributed by atoms with Gasteiger partial charge < -0.3 is 4.74 Å². The van der Waals surface area contributed by atoms with Crippen LogP contribution in [0.4, 0.5) is 8.78 Å². The molecule has 4 rings (SSSR count). The van der Waals surface area contributed by atoms with Gasteiger partial charge in [0.05, 0.1) is 41.5 Å². The quantitative estimate of drug-likeness (QED) is 0.512. The number of aromatic nitrogens is 3. The van der Waals surface area contributed by atoms with Crippen molar-refractivity contribution in [2.45, 2.75) is 13.0 Å². The molecule has 0 aliphatic rings. The smallest absolute Gasteiger partial charge is 0.311 e. The third kappa shape index (κ3) is 2.92. The molecule has 0 aliphatic carbocycles. The molecule has 0 N–H and O–H groups in total. The lowest BCUT2D eigenvalue weighted by molar-refractivity contribution is -0.139. The standard InChI is InChI=1S/C18H13F2N3O2S/c1-25-17(24)8-13-11-4-2-3-5-15(11)23(22-13)9-16-21-14-7-10(19)6-12(20)18(14)26-16/h2-7H,8-9H2,1H3. The number of ether oxygens (including phenoxy) is 1. The lowest BCUT2D eigenvalue weighted by atomic mass is 10.2. The zero-order chi connectivity index (χ0) is 18.3. The van der Waals surface area contributed by atoms with Crippen molar-refractivity contribution in [1.29, 1.82) is 0 Å². The summed E-state index contributed by atoms with van der Waals surface area (Å²) in [5.41, 5.74) is 1.72. The van der Waals surface area contributed by atoms with E-state index in [1.807, 2.05) is 24.3 Å². The van der Waals surface area contributed by atoms with Crippen molar-refractivity contribution in [2.24, 2.45) is 0 Å². The van der Waals surface area contributed by atoms with Crippen LogP contribution >= 0.6 is 11.3 Å². The summed E-state index contributed by atoms with van der Waals surface area (Å²) in [5.74, 6) is -1.66. The van der Waals surface area contributed by atoms with Gasteiger partial charge in [0.25, 0.3) is 0 Å². The maximum Gasteiger partial charge on any atom is 0.311 e. The predicted molar refractivity (Wildman–Crippen MR) is 94.1 cm³/mol. The summed E-state index contributed by atoms with van der Waals surface area (Å²) < 4.78 is 34.0. The summed E-state index contributed by atoms with van der Waals surface area (Å²) in [4.78, 5) is 15.9. The van der Waals surface area contributed by atoms with E-state index in [0.29, 0.717) is 21.9 Å². The van der Waals surface area contributed by atoms with Crippen LogP contribution in [0.5, 0.6) is 0 Å². The Kier molecular flexibility index (Phi) is 4.12. The van der Waals surface area contributed by atoms with Gasteiger partial charge in [-0.15, -0.1) is 11.3 Å². The fourth-order valence-corrected chi connectivity index (χ4v) is 3.79. The molecule has 2 aromatic carbocycles. The molecule has 0 saturated heterocycles. The summed E-state index contributed by atoms with van der Waals surface area (Å²) in [7, 11) is 1.33. The fraction of sp³-hybridized carbons (Fsp3) is 0.167. The van der Waals surface area contributed by atoms with Crippen LogP contribution in [0.2, 0.25) is 0 Å². The Morgan fingerprint density at radius 2 is 2.08 bits per heavy atom. The largest absolute Gasteiger partial charge is 0.469 e. The highest BCUT2D eigenvalue weighted by atomic mass is 32.1. The number of fused-ring (bicyclic) bond motifs is 2. The Bertz CT molecular complexity index is 1140. The summed E-state index contributed by atoms with van der Waals surface area (Å²) in [6.07, 6.45) is 0.0592. The molecule has 8 heteroatoms. The lowest BCUT2D eigenvalue weighted by Crippen LogP contribution is -2.07. The minimum Gasteiger partial charge on any atom is -0.469 e. The first-order valence-electron chi connectivity index (χ1n) is 7.81. The van der Waals surface area contributed by atoms with E-state index in [1.165, 1.54) is 13.2 Å². The molecular formula is C18H13F2N3O2S. The number of methoxy groups -OCH3 is 1. The predicted octanol–water partition coefficient (Wildman–Crippen LogP) is 3.69. The van der Waals surface area contributed by atoms with E-state index < -0.39 is 11.6 Å². The second-order valence-corrected chi connectivity index (χ2v) is 6.80. The molecule has 0 bridgehead atoms. The van der Waals surface area contributed by atoms with Gasteiger partial charge >= 0.3 is 5.97 Å². The van der Waals surface area contributed by atoms with E-state index in [9.17, 15) is 13.6 Å². The SMILES string of the molecule is COC(=O)Cc1nn(Cc2nc3cc(F)cc(F)c3s2)c2ccccc12. The molecule has 0 amide bonds. The highest BCUT2D eigenvalue weighted by Crippen LogP contribution is 2.28. The average Bonchev–Trinajstić information content (AvgIpc) is 3.17. The number of thiazole rings is 1. The van der Waals surface area contributed by atoms with Gasteiger partial charge in [0.15, 0.2) is 0 Å². The highest BCUT2D eigenvalue weighted by molar-refractivity contribution is 7.18. The maximum absolute atomic E-state index is 13.9. The summed E-state index contributed by atoms with van der Waals surface area (Å²) in [6.45, 7) is 0.294. The van der Waals surface area contributed by atoms with Gasteiger partial charge in [-0.05, 0) is 6.07 Å². The van der Waals surface area contributed by atoms with E-state index >= 15 is 0 Å². The Labute approximate surface area is 150 Å². The first kappa shape index (κ1) is 16.6. The number of nitrogens with zero attached hydrogens (tertiary/aromatic N) is 3. The molecule has 0 atom stereocenters. The molecule has 0 spiro atoms. The Hall–Kier alpha value is -2.87. The second kappa shape index (κ2) is 6.45.